The minimum Gasteiger partial charge on any atom is -0.505 e. The molecule has 1 atom stereocenters. The van der Waals surface area contributed by atoms with Gasteiger partial charge in [0, 0.05) is 17.7 Å². The number of rotatable bonds is 2. The third kappa shape index (κ3) is 1.91. The summed E-state index contributed by atoms with van der Waals surface area (Å²) in [5, 5.41) is 21.2. The summed E-state index contributed by atoms with van der Waals surface area (Å²) in [5.41, 5.74) is 0.858. The predicted molar refractivity (Wildman–Crippen MR) is 74.2 cm³/mol. The molecule has 2 aliphatic rings. The number of hydrogen-bond donors (Lipinski definition) is 2. The van der Waals surface area contributed by atoms with Crippen LogP contribution in [-0.4, -0.2) is 22.8 Å². The molecule has 1 aromatic carbocycles. The highest BCUT2D eigenvalue weighted by atomic mass is 16.5. The monoisotopic (exact) mass is 286 g/mol. The standard InChI is InChI=1S/C15H14N2O4/c1-3-21-15(20)9-6-8-11(17-9)14(19)10-7(2)4-5-16-12(10)13(8)18/h4-7,18-19H,3H2,1-2H3. The minimum absolute atomic E-state index is 0.0559. The molecule has 1 unspecified atom stereocenters. The molecule has 0 fully saturated rings. The van der Waals surface area contributed by atoms with E-state index in [1.165, 1.54) is 6.08 Å². The molecule has 0 spiro atoms. The number of nitrogens with zero attached hydrogens (tertiary/aromatic N) is 2. The third-order valence-electron chi connectivity index (χ3n) is 3.50. The van der Waals surface area contributed by atoms with E-state index in [-0.39, 0.29) is 35.1 Å². The van der Waals surface area contributed by atoms with Gasteiger partial charge in [-0.05, 0) is 13.0 Å². The van der Waals surface area contributed by atoms with Crippen LogP contribution in [-0.2, 0) is 9.53 Å². The van der Waals surface area contributed by atoms with Gasteiger partial charge in [-0.2, -0.15) is 0 Å². The highest BCUT2D eigenvalue weighted by Gasteiger charge is 2.26. The predicted octanol–water partition coefficient (Wildman–Crippen LogP) is 0.885. The molecule has 108 valence electrons. The Kier molecular flexibility index (Phi) is 3.01. The van der Waals surface area contributed by atoms with E-state index in [1.807, 2.05) is 13.0 Å². The highest BCUT2D eigenvalue weighted by Crippen LogP contribution is 2.29. The smallest absolute Gasteiger partial charge is 0.356 e. The van der Waals surface area contributed by atoms with E-state index in [1.54, 1.807) is 13.1 Å². The fourth-order valence-corrected chi connectivity index (χ4v) is 2.49. The van der Waals surface area contributed by atoms with Crippen molar-refractivity contribution in [1.29, 1.82) is 0 Å². The summed E-state index contributed by atoms with van der Waals surface area (Å²) in [6.45, 7) is 3.80. The molecule has 2 heterocycles. The second-order valence-electron chi connectivity index (χ2n) is 4.84. The van der Waals surface area contributed by atoms with E-state index < -0.39 is 5.97 Å². The molecule has 0 aromatic heterocycles. The summed E-state index contributed by atoms with van der Waals surface area (Å²) < 4.78 is 4.88. The number of carbonyl (C=O) groups excluding carboxylic acids is 1. The third-order valence-corrected chi connectivity index (χ3v) is 3.50. The zero-order valence-corrected chi connectivity index (χ0v) is 11.6. The van der Waals surface area contributed by atoms with Crippen molar-refractivity contribution in [2.24, 2.45) is 9.98 Å². The number of allylic oxidation sites excluding steroid dienone is 1. The van der Waals surface area contributed by atoms with Crippen LogP contribution < -0.4 is 10.7 Å². The number of ether oxygens (including phenoxy) is 1. The molecule has 2 aliphatic heterocycles. The van der Waals surface area contributed by atoms with E-state index in [9.17, 15) is 15.0 Å². The first-order valence-corrected chi connectivity index (χ1v) is 6.64. The quantitative estimate of drug-likeness (QED) is 0.624. The van der Waals surface area contributed by atoms with Gasteiger partial charge in [-0.15, -0.1) is 0 Å². The summed E-state index contributed by atoms with van der Waals surface area (Å²) in [7, 11) is 0. The topological polar surface area (TPSA) is 91.5 Å². The largest absolute Gasteiger partial charge is 0.505 e. The molecule has 3 rings (SSSR count). The zero-order valence-electron chi connectivity index (χ0n) is 11.6. The Hall–Kier alpha value is -2.63. The second kappa shape index (κ2) is 4.73. The van der Waals surface area contributed by atoms with Gasteiger partial charge < -0.3 is 14.9 Å². The maximum atomic E-state index is 11.7. The molecule has 1 aromatic rings. The van der Waals surface area contributed by atoms with E-state index in [2.05, 4.69) is 9.98 Å². The fourth-order valence-electron chi connectivity index (χ4n) is 2.49. The van der Waals surface area contributed by atoms with Crippen LogP contribution in [0, 0.1) is 0 Å². The van der Waals surface area contributed by atoms with Crippen LogP contribution in [0.4, 0.5) is 0 Å². The van der Waals surface area contributed by atoms with Crippen LogP contribution in [0.25, 0.3) is 6.08 Å². The van der Waals surface area contributed by atoms with Gasteiger partial charge in [0.1, 0.15) is 22.2 Å². The Bertz CT molecular complexity index is 821. The van der Waals surface area contributed by atoms with E-state index in [0.717, 1.165) is 0 Å². The Labute approximate surface area is 120 Å². The lowest BCUT2D eigenvalue weighted by atomic mass is 9.95. The van der Waals surface area contributed by atoms with Gasteiger partial charge in [-0.25, -0.2) is 9.79 Å². The first kappa shape index (κ1) is 13.4. The van der Waals surface area contributed by atoms with Gasteiger partial charge in [0.25, 0.3) is 0 Å². The first-order chi connectivity index (χ1) is 10.0. The van der Waals surface area contributed by atoms with Crippen molar-refractivity contribution in [3.05, 3.63) is 39.8 Å². The van der Waals surface area contributed by atoms with Crippen LogP contribution in [0.15, 0.2) is 28.0 Å². The Balaban J connectivity index is 2.25. The lowest BCUT2D eigenvalue weighted by Crippen LogP contribution is -2.22. The number of hydrogen-bond acceptors (Lipinski definition) is 6. The summed E-state index contributed by atoms with van der Waals surface area (Å²) in [6, 6.07) is 0. The van der Waals surface area contributed by atoms with Crippen LogP contribution in [0.2, 0.25) is 0 Å². The van der Waals surface area contributed by atoms with Gasteiger partial charge >= 0.3 is 5.97 Å². The SMILES string of the molecule is CCOC(=O)C1=Cc2c(O)c3c(c(O)c2=N1)C(C)C=CN=3. The van der Waals surface area contributed by atoms with E-state index in [4.69, 9.17) is 4.74 Å². The summed E-state index contributed by atoms with van der Waals surface area (Å²) in [4.78, 5) is 19.9. The number of fused-ring (bicyclic) bond motifs is 2. The van der Waals surface area contributed by atoms with Gasteiger partial charge in [0.05, 0.1) is 12.2 Å². The molecule has 0 amide bonds. The highest BCUT2D eigenvalue weighted by molar-refractivity contribution is 5.95. The number of phenolic OH excluding ortho intramolecular Hbond substituents is 2. The molecule has 0 aliphatic carbocycles. The fraction of sp³-hybridized carbons (Fsp3) is 0.267. The lowest BCUT2D eigenvalue weighted by Gasteiger charge is -2.14. The molecule has 0 saturated carbocycles. The van der Waals surface area contributed by atoms with Crippen LogP contribution >= 0.6 is 0 Å². The maximum Gasteiger partial charge on any atom is 0.356 e. The second-order valence-corrected chi connectivity index (χ2v) is 4.84. The molecule has 0 bridgehead atoms. The van der Waals surface area contributed by atoms with Crippen LogP contribution in [0.5, 0.6) is 11.5 Å². The molecular weight excluding hydrogens is 272 g/mol. The lowest BCUT2D eigenvalue weighted by molar-refractivity contribution is -0.138. The Morgan fingerprint density at radius 2 is 2.10 bits per heavy atom. The average Bonchev–Trinajstić information content (AvgIpc) is 2.90. The Morgan fingerprint density at radius 3 is 2.81 bits per heavy atom. The summed E-state index contributed by atoms with van der Waals surface area (Å²) >= 11 is 0. The van der Waals surface area contributed by atoms with Crippen molar-refractivity contribution < 1.29 is 19.7 Å². The molecule has 0 saturated heterocycles. The van der Waals surface area contributed by atoms with Crippen molar-refractivity contribution in [1.82, 2.24) is 0 Å². The number of carbonyl (C=O) groups is 1. The number of phenols is 2. The summed E-state index contributed by atoms with van der Waals surface area (Å²) in [6.07, 6.45) is 4.80. The molecule has 6 heteroatoms. The van der Waals surface area contributed by atoms with Crippen molar-refractivity contribution in [2.75, 3.05) is 6.61 Å². The molecule has 2 N–H and O–H groups in total. The average molecular weight is 286 g/mol. The molecular formula is C15H14N2O4. The summed E-state index contributed by atoms with van der Waals surface area (Å²) in [5.74, 6) is -0.838. The number of benzene rings is 1. The maximum absolute atomic E-state index is 11.7. The van der Waals surface area contributed by atoms with Gasteiger partial charge in [-0.3, -0.25) is 4.99 Å². The van der Waals surface area contributed by atoms with Gasteiger partial charge in [0.15, 0.2) is 5.75 Å². The van der Waals surface area contributed by atoms with E-state index >= 15 is 0 Å². The normalized spacial score (nSPS) is 18.2. The van der Waals surface area contributed by atoms with Gasteiger partial charge in [0.2, 0.25) is 0 Å². The molecule has 21 heavy (non-hydrogen) atoms. The van der Waals surface area contributed by atoms with Gasteiger partial charge in [-0.1, -0.05) is 13.0 Å². The number of esters is 1. The van der Waals surface area contributed by atoms with Crippen molar-refractivity contribution in [2.45, 2.75) is 19.8 Å². The molecule has 0 radical (unpaired) electrons. The van der Waals surface area contributed by atoms with E-state index in [0.29, 0.717) is 16.5 Å². The van der Waals surface area contributed by atoms with Crippen molar-refractivity contribution in [3.63, 3.8) is 0 Å². The van der Waals surface area contributed by atoms with Crippen LogP contribution in [0.3, 0.4) is 0 Å². The molecule has 6 nitrogen and oxygen atoms in total. The Morgan fingerprint density at radius 1 is 1.33 bits per heavy atom. The van der Waals surface area contributed by atoms with Crippen molar-refractivity contribution in [3.8, 4) is 11.5 Å². The van der Waals surface area contributed by atoms with Crippen molar-refractivity contribution >= 4 is 12.0 Å². The number of aromatic hydroxyl groups is 2. The minimum atomic E-state index is -0.589. The van der Waals surface area contributed by atoms with Crippen LogP contribution in [0.1, 0.15) is 30.9 Å². The zero-order chi connectivity index (χ0) is 15.1. The first-order valence-electron chi connectivity index (χ1n) is 6.64.